The summed E-state index contributed by atoms with van der Waals surface area (Å²) in [5.74, 6) is 1.28. The molecule has 0 unspecified atom stereocenters. The third-order valence-electron chi connectivity index (χ3n) is 4.60. The maximum absolute atomic E-state index is 12.6. The SMILES string of the molecule is COc1cc(OC)nc(NC(=O)CSc2nnc(Cc3ccccc3)n2-c2ccccc2)n1. The zero-order valence-corrected chi connectivity index (χ0v) is 19.0. The molecule has 0 aliphatic rings. The number of carbonyl (C=O) groups is 1. The van der Waals surface area contributed by atoms with Crippen molar-refractivity contribution in [3.8, 4) is 17.4 Å². The minimum absolute atomic E-state index is 0.0964. The van der Waals surface area contributed by atoms with Crippen LogP contribution in [0.3, 0.4) is 0 Å². The van der Waals surface area contributed by atoms with Gasteiger partial charge in [-0.15, -0.1) is 10.2 Å². The van der Waals surface area contributed by atoms with Crippen molar-refractivity contribution in [3.63, 3.8) is 0 Å². The van der Waals surface area contributed by atoms with E-state index in [0.717, 1.165) is 17.1 Å². The third-order valence-corrected chi connectivity index (χ3v) is 5.53. The minimum atomic E-state index is -0.289. The Kier molecular flexibility index (Phi) is 7.16. The van der Waals surface area contributed by atoms with Crippen LogP contribution in [0.25, 0.3) is 5.69 Å². The number of para-hydroxylation sites is 1. The molecule has 9 nitrogen and oxygen atoms in total. The number of nitrogens with one attached hydrogen (secondary N) is 1. The van der Waals surface area contributed by atoms with Crippen molar-refractivity contribution in [3.05, 3.63) is 78.1 Å². The lowest BCUT2D eigenvalue weighted by Crippen LogP contribution is -2.17. The second-order valence-electron chi connectivity index (χ2n) is 6.85. The number of carbonyl (C=O) groups excluding carboxylic acids is 1. The first-order valence-electron chi connectivity index (χ1n) is 10.1. The monoisotopic (exact) mass is 462 g/mol. The van der Waals surface area contributed by atoms with E-state index in [-0.39, 0.29) is 17.6 Å². The van der Waals surface area contributed by atoms with Crippen LogP contribution in [0.1, 0.15) is 11.4 Å². The number of benzene rings is 2. The topological polar surface area (TPSA) is 104 Å². The van der Waals surface area contributed by atoms with E-state index in [2.05, 4.69) is 25.5 Å². The molecule has 10 heteroatoms. The number of hydrogen-bond donors (Lipinski definition) is 1. The number of hydrogen-bond acceptors (Lipinski definition) is 8. The van der Waals surface area contributed by atoms with E-state index < -0.39 is 0 Å². The number of methoxy groups -OCH3 is 2. The Morgan fingerprint density at radius 1 is 0.939 bits per heavy atom. The minimum Gasteiger partial charge on any atom is -0.481 e. The lowest BCUT2D eigenvalue weighted by atomic mass is 10.1. The normalized spacial score (nSPS) is 10.6. The van der Waals surface area contributed by atoms with Crippen molar-refractivity contribution in [2.75, 3.05) is 25.3 Å². The Bertz CT molecular complexity index is 1200. The Hall–Kier alpha value is -3.92. The Balaban J connectivity index is 1.51. The highest BCUT2D eigenvalue weighted by Gasteiger charge is 2.17. The van der Waals surface area contributed by atoms with Gasteiger partial charge in [-0.2, -0.15) is 9.97 Å². The van der Waals surface area contributed by atoms with Crippen LogP contribution in [0.5, 0.6) is 11.8 Å². The van der Waals surface area contributed by atoms with Crippen LogP contribution in [-0.4, -0.2) is 50.6 Å². The fourth-order valence-corrected chi connectivity index (χ4v) is 3.85. The van der Waals surface area contributed by atoms with E-state index in [4.69, 9.17) is 9.47 Å². The summed E-state index contributed by atoms with van der Waals surface area (Å²) in [4.78, 5) is 20.8. The lowest BCUT2D eigenvalue weighted by molar-refractivity contribution is -0.113. The Labute approximate surface area is 195 Å². The van der Waals surface area contributed by atoms with Crippen LogP contribution in [0, 0.1) is 0 Å². The molecule has 0 aliphatic heterocycles. The van der Waals surface area contributed by atoms with E-state index in [0.29, 0.717) is 23.3 Å². The van der Waals surface area contributed by atoms with Crippen LogP contribution >= 0.6 is 11.8 Å². The van der Waals surface area contributed by atoms with Crippen LogP contribution in [0.2, 0.25) is 0 Å². The molecule has 2 heterocycles. The maximum Gasteiger partial charge on any atom is 0.237 e. The highest BCUT2D eigenvalue weighted by Crippen LogP contribution is 2.24. The molecule has 0 saturated heterocycles. The van der Waals surface area contributed by atoms with Crippen molar-refractivity contribution >= 4 is 23.6 Å². The lowest BCUT2D eigenvalue weighted by Gasteiger charge is -2.10. The van der Waals surface area contributed by atoms with Gasteiger partial charge in [0, 0.05) is 12.1 Å². The number of ether oxygens (including phenoxy) is 2. The van der Waals surface area contributed by atoms with E-state index in [1.807, 2.05) is 65.2 Å². The first-order valence-corrected chi connectivity index (χ1v) is 11.1. The molecule has 0 bridgehead atoms. The van der Waals surface area contributed by atoms with Gasteiger partial charge in [0.2, 0.25) is 23.6 Å². The predicted octanol–water partition coefficient (Wildman–Crippen LogP) is 3.40. The maximum atomic E-state index is 12.6. The summed E-state index contributed by atoms with van der Waals surface area (Å²) in [5.41, 5.74) is 2.05. The molecule has 33 heavy (non-hydrogen) atoms. The molecule has 0 radical (unpaired) electrons. The van der Waals surface area contributed by atoms with Crippen LogP contribution in [0.15, 0.2) is 71.9 Å². The summed E-state index contributed by atoms with van der Waals surface area (Å²) in [6, 6.07) is 21.4. The summed E-state index contributed by atoms with van der Waals surface area (Å²) < 4.78 is 12.2. The fraction of sp³-hybridized carbons (Fsp3) is 0.174. The quantitative estimate of drug-likeness (QED) is 0.378. The van der Waals surface area contributed by atoms with Gasteiger partial charge >= 0.3 is 0 Å². The Morgan fingerprint density at radius 3 is 2.21 bits per heavy atom. The molecule has 2 aromatic heterocycles. The van der Waals surface area contributed by atoms with Gasteiger partial charge in [-0.05, 0) is 17.7 Å². The zero-order valence-electron chi connectivity index (χ0n) is 18.1. The summed E-state index contributed by atoms with van der Waals surface area (Å²) in [6.07, 6.45) is 0.618. The second-order valence-corrected chi connectivity index (χ2v) is 7.79. The van der Waals surface area contributed by atoms with Gasteiger partial charge in [-0.1, -0.05) is 60.3 Å². The smallest absolute Gasteiger partial charge is 0.237 e. The van der Waals surface area contributed by atoms with Gasteiger partial charge < -0.3 is 9.47 Å². The number of aromatic nitrogens is 5. The van der Waals surface area contributed by atoms with Crippen molar-refractivity contribution in [2.45, 2.75) is 11.6 Å². The van der Waals surface area contributed by atoms with Crippen LogP contribution in [-0.2, 0) is 11.2 Å². The molecule has 4 aromatic rings. The van der Waals surface area contributed by atoms with Gasteiger partial charge in [0.1, 0.15) is 5.82 Å². The average molecular weight is 463 g/mol. The fourth-order valence-electron chi connectivity index (χ4n) is 3.08. The molecule has 168 valence electrons. The first-order chi connectivity index (χ1) is 16.2. The number of thioether (sulfide) groups is 1. The average Bonchev–Trinajstić information content (AvgIpc) is 3.25. The van der Waals surface area contributed by atoms with Gasteiger partial charge in [0.15, 0.2) is 5.16 Å². The molecule has 0 aliphatic carbocycles. The summed E-state index contributed by atoms with van der Waals surface area (Å²) in [7, 11) is 2.96. The number of anilines is 1. The highest BCUT2D eigenvalue weighted by atomic mass is 32.2. The molecule has 0 saturated carbocycles. The van der Waals surface area contributed by atoms with Gasteiger partial charge in [-0.25, -0.2) is 0 Å². The van der Waals surface area contributed by atoms with Crippen LogP contribution in [0.4, 0.5) is 5.95 Å². The van der Waals surface area contributed by atoms with Crippen LogP contribution < -0.4 is 14.8 Å². The second kappa shape index (κ2) is 10.6. The predicted molar refractivity (Wildman–Crippen MR) is 125 cm³/mol. The summed E-state index contributed by atoms with van der Waals surface area (Å²) >= 11 is 1.28. The van der Waals surface area contributed by atoms with Crippen molar-refractivity contribution in [2.24, 2.45) is 0 Å². The standard InChI is InChI=1S/C23H22N6O3S/c1-31-20-14-21(32-2)26-22(25-20)24-19(30)15-33-23-28-27-18(13-16-9-5-3-6-10-16)29(23)17-11-7-4-8-12-17/h3-12,14H,13,15H2,1-2H3,(H,24,25,26,30). The molecular formula is C23H22N6O3S. The molecule has 0 atom stereocenters. The molecule has 1 N–H and O–H groups in total. The van der Waals surface area contributed by atoms with E-state index in [1.54, 1.807) is 0 Å². The molecule has 1 amide bonds. The highest BCUT2D eigenvalue weighted by molar-refractivity contribution is 7.99. The van der Waals surface area contributed by atoms with E-state index >= 15 is 0 Å². The number of amides is 1. The Morgan fingerprint density at radius 2 is 1.58 bits per heavy atom. The summed E-state index contributed by atoms with van der Waals surface area (Å²) in [5, 5.41) is 12.0. The molecule has 2 aromatic carbocycles. The molecule has 4 rings (SSSR count). The van der Waals surface area contributed by atoms with Crippen molar-refractivity contribution < 1.29 is 14.3 Å². The first kappa shape index (κ1) is 22.3. The van der Waals surface area contributed by atoms with Gasteiger partial charge in [0.25, 0.3) is 0 Å². The third kappa shape index (κ3) is 5.66. The van der Waals surface area contributed by atoms with Crippen molar-refractivity contribution in [1.82, 2.24) is 24.7 Å². The van der Waals surface area contributed by atoms with Gasteiger partial charge in [-0.3, -0.25) is 14.7 Å². The number of rotatable bonds is 9. The van der Waals surface area contributed by atoms with E-state index in [1.165, 1.54) is 32.0 Å². The summed E-state index contributed by atoms with van der Waals surface area (Å²) in [6.45, 7) is 0. The zero-order chi connectivity index (χ0) is 23.0. The largest absolute Gasteiger partial charge is 0.481 e. The molecular weight excluding hydrogens is 440 g/mol. The molecule has 0 fully saturated rings. The molecule has 0 spiro atoms. The van der Waals surface area contributed by atoms with E-state index in [9.17, 15) is 4.79 Å². The van der Waals surface area contributed by atoms with Crippen molar-refractivity contribution in [1.29, 1.82) is 0 Å². The van der Waals surface area contributed by atoms with Gasteiger partial charge in [0.05, 0.1) is 26.0 Å². The number of nitrogens with zero attached hydrogens (tertiary/aromatic N) is 5.